The van der Waals surface area contributed by atoms with Gasteiger partial charge in [-0.1, -0.05) is 13.8 Å². The predicted octanol–water partition coefficient (Wildman–Crippen LogP) is 3.22. The molecule has 106 valence electrons. The Labute approximate surface area is 114 Å². The van der Waals surface area contributed by atoms with Gasteiger partial charge in [-0.3, -0.25) is 4.31 Å². The topological polar surface area (TPSA) is 37.4 Å². The van der Waals surface area contributed by atoms with Crippen LogP contribution in [-0.2, 0) is 10.0 Å². The molecule has 0 atom stereocenters. The fourth-order valence-corrected chi connectivity index (χ4v) is 2.73. The summed E-state index contributed by atoms with van der Waals surface area (Å²) in [5, 5.41) is 0. The normalized spacial score (nSPS) is 15.9. The Balaban J connectivity index is 2.58. The van der Waals surface area contributed by atoms with E-state index in [2.05, 4.69) is 0 Å². The van der Waals surface area contributed by atoms with Crippen LogP contribution in [0.2, 0.25) is 0 Å². The van der Waals surface area contributed by atoms with E-state index < -0.39 is 10.0 Å². The van der Waals surface area contributed by atoms with Crippen LogP contribution in [0.3, 0.4) is 0 Å². The number of hydrogen-bond acceptors (Lipinski definition) is 2. The average Bonchev–Trinajstić information content (AvgIpc) is 3.10. The molecule has 1 aromatic carbocycles. The Morgan fingerprint density at radius 3 is 2.32 bits per heavy atom. The van der Waals surface area contributed by atoms with E-state index in [1.54, 1.807) is 6.07 Å². The van der Waals surface area contributed by atoms with E-state index in [4.69, 9.17) is 0 Å². The van der Waals surface area contributed by atoms with E-state index in [0.717, 1.165) is 24.7 Å². The zero-order valence-corrected chi connectivity index (χ0v) is 12.6. The van der Waals surface area contributed by atoms with Gasteiger partial charge in [0.25, 0.3) is 0 Å². The van der Waals surface area contributed by atoms with Crippen LogP contribution >= 0.6 is 0 Å². The molecular weight excluding hydrogens is 265 g/mol. The monoisotopic (exact) mass is 285 g/mol. The maximum Gasteiger partial charge on any atom is 0.232 e. The molecule has 0 radical (unpaired) electrons. The number of hydrogen-bond donors (Lipinski definition) is 0. The molecule has 0 N–H and O–H groups in total. The third kappa shape index (κ3) is 2.91. The first kappa shape index (κ1) is 14.3. The Hall–Kier alpha value is -1.10. The van der Waals surface area contributed by atoms with Gasteiger partial charge in [-0.15, -0.1) is 0 Å². The van der Waals surface area contributed by atoms with Crippen LogP contribution in [0.25, 0.3) is 0 Å². The maximum absolute atomic E-state index is 14.1. The summed E-state index contributed by atoms with van der Waals surface area (Å²) >= 11 is 0. The molecular formula is C14H20FNO2S. The third-order valence-electron chi connectivity index (χ3n) is 3.62. The standard InChI is InChI=1S/C14H20FNO2S/c1-9(2)11-7-13(15)12(10-5-6-10)8-14(11)16(3)19(4,17)18/h7-10H,5-6H2,1-4H3. The second-order valence-electron chi connectivity index (χ2n) is 5.59. The first-order valence-corrected chi connectivity index (χ1v) is 8.34. The molecule has 0 spiro atoms. The van der Waals surface area contributed by atoms with Crippen molar-refractivity contribution in [1.29, 1.82) is 0 Å². The van der Waals surface area contributed by atoms with Crippen molar-refractivity contribution in [3.8, 4) is 0 Å². The van der Waals surface area contributed by atoms with Crippen LogP contribution in [0, 0.1) is 5.82 Å². The smallest absolute Gasteiger partial charge is 0.232 e. The molecule has 5 heteroatoms. The first-order chi connectivity index (χ1) is 8.71. The highest BCUT2D eigenvalue weighted by atomic mass is 32.2. The minimum absolute atomic E-state index is 0.0713. The number of anilines is 1. The van der Waals surface area contributed by atoms with Crippen molar-refractivity contribution in [3.63, 3.8) is 0 Å². The van der Waals surface area contributed by atoms with Gasteiger partial charge in [-0.2, -0.15) is 0 Å². The Kier molecular flexibility index (Phi) is 3.60. The number of nitrogens with zero attached hydrogens (tertiary/aromatic N) is 1. The molecule has 0 bridgehead atoms. The summed E-state index contributed by atoms with van der Waals surface area (Å²) in [6.45, 7) is 3.87. The van der Waals surface area contributed by atoms with Crippen LogP contribution in [0.15, 0.2) is 12.1 Å². The van der Waals surface area contributed by atoms with E-state index in [9.17, 15) is 12.8 Å². The predicted molar refractivity (Wildman–Crippen MR) is 75.7 cm³/mol. The molecule has 1 fully saturated rings. The van der Waals surface area contributed by atoms with Crippen molar-refractivity contribution in [1.82, 2.24) is 0 Å². The minimum atomic E-state index is -3.34. The molecule has 1 aromatic rings. The summed E-state index contributed by atoms with van der Waals surface area (Å²) in [4.78, 5) is 0. The fourth-order valence-electron chi connectivity index (χ4n) is 2.21. The molecule has 0 amide bonds. The largest absolute Gasteiger partial charge is 0.273 e. The van der Waals surface area contributed by atoms with Gasteiger partial charge < -0.3 is 0 Å². The van der Waals surface area contributed by atoms with E-state index in [1.807, 2.05) is 13.8 Å². The second-order valence-corrected chi connectivity index (χ2v) is 7.61. The summed E-state index contributed by atoms with van der Waals surface area (Å²) in [6.07, 6.45) is 3.14. The van der Waals surface area contributed by atoms with Crippen molar-refractivity contribution < 1.29 is 12.8 Å². The quantitative estimate of drug-likeness (QED) is 0.851. The van der Waals surface area contributed by atoms with Crippen molar-refractivity contribution in [2.24, 2.45) is 0 Å². The fraction of sp³-hybridized carbons (Fsp3) is 0.571. The lowest BCUT2D eigenvalue weighted by Gasteiger charge is -2.23. The Bertz CT molecular complexity index is 592. The van der Waals surface area contributed by atoms with Crippen LogP contribution in [0.1, 0.15) is 49.7 Å². The third-order valence-corrected chi connectivity index (χ3v) is 4.81. The lowest BCUT2D eigenvalue weighted by Crippen LogP contribution is -2.26. The van der Waals surface area contributed by atoms with Gasteiger partial charge in [-0.25, -0.2) is 12.8 Å². The molecule has 2 rings (SSSR count). The average molecular weight is 285 g/mol. The SMILES string of the molecule is CC(C)c1cc(F)c(C2CC2)cc1N(C)S(C)(=O)=O. The van der Waals surface area contributed by atoms with E-state index in [0.29, 0.717) is 11.3 Å². The van der Waals surface area contributed by atoms with Gasteiger partial charge in [0.05, 0.1) is 11.9 Å². The molecule has 19 heavy (non-hydrogen) atoms. The Morgan fingerprint density at radius 1 is 1.32 bits per heavy atom. The highest BCUT2D eigenvalue weighted by molar-refractivity contribution is 7.92. The van der Waals surface area contributed by atoms with Crippen molar-refractivity contribution in [2.45, 2.75) is 38.5 Å². The second kappa shape index (κ2) is 4.78. The van der Waals surface area contributed by atoms with Gasteiger partial charge >= 0.3 is 0 Å². The van der Waals surface area contributed by atoms with Crippen molar-refractivity contribution in [3.05, 3.63) is 29.1 Å². The summed E-state index contributed by atoms with van der Waals surface area (Å²) in [6, 6.07) is 3.21. The molecule has 0 heterocycles. The van der Waals surface area contributed by atoms with Crippen LogP contribution in [-0.4, -0.2) is 21.7 Å². The molecule has 1 aliphatic carbocycles. The summed E-state index contributed by atoms with van der Waals surface area (Å²) < 4.78 is 38.8. The van der Waals surface area contributed by atoms with Crippen LogP contribution < -0.4 is 4.31 Å². The summed E-state index contributed by atoms with van der Waals surface area (Å²) in [7, 11) is -1.82. The first-order valence-electron chi connectivity index (χ1n) is 6.49. The number of rotatable bonds is 4. The molecule has 0 aliphatic heterocycles. The molecule has 0 unspecified atom stereocenters. The number of halogens is 1. The minimum Gasteiger partial charge on any atom is -0.273 e. The van der Waals surface area contributed by atoms with E-state index in [-0.39, 0.29) is 17.7 Å². The van der Waals surface area contributed by atoms with Crippen molar-refractivity contribution in [2.75, 3.05) is 17.6 Å². The zero-order valence-electron chi connectivity index (χ0n) is 11.8. The van der Waals surface area contributed by atoms with Gasteiger partial charge in [0.1, 0.15) is 5.82 Å². The zero-order chi connectivity index (χ0) is 14.4. The van der Waals surface area contributed by atoms with Crippen molar-refractivity contribution >= 4 is 15.7 Å². The van der Waals surface area contributed by atoms with Gasteiger partial charge in [0.2, 0.25) is 10.0 Å². The molecule has 3 nitrogen and oxygen atoms in total. The lowest BCUT2D eigenvalue weighted by atomic mass is 9.97. The molecule has 1 aliphatic rings. The highest BCUT2D eigenvalue weighted by Crippen LogP contribution is 2.44. The number of benzene rings is 1. The van der Waals surface area contributed by atoms with Gasteiger partial charge in [0.15, 0.2) is 0 Å². The molecule has 0 saturated heterocycles. The molecule has 0 aromatic heterocycles. The lowest BCUT2D eigenvalue weighted by molar-refractivity contribution is 0.597. The van der Waals surface area contributed by atoms with E-state index >= 15 is 0 Å². The van der Waals surface area contributed by atoms with Crippen LogP contribution in [0.5, 0.6) is 0 Å². The maximum atomic E-state index is 14.1. The molecule has 1 saturated carbocycles. The highest BCUT2D eigenvalue weighted by Gasteiger charge is 2.29. The van der Waals surface area contributed by atoms with Gasteiger partial charge in [-0.05, 0) is 47.9 Å². The van der Waals surface area contributed by atoms with Gasteiger partial charge in [0, 0.05) is 7.05 Å². The summed E-state index contributed by atoms with van der Waals surface area (Å²) in [5.74, 6) is 0.117. The number of sulfonamides is 1. The summed E-state index contributed by atoms with van der Waals surface area (Å²) in [5.41, 5.74) is 1.98. The van der Waals surface area contributed by atoms with E-state index in [1.165, 1.54) is 17.4 Å². The van der Waals surface area contributed by atoms with Crippen LogP contribution in [0.4, 0.5) is 10.1 Å². The Morgan fingerprint density at radius 2 is 1.89 bits per heavy atom.